The standard InChI is InChI=1S/C21H29N3O4/c1-13(2)11-24-16(5)18(15(4)23-24)7-9-20(25)22-19-8-6-17(10-14(19)3)28-12-21(26)27/h6,8,10,13H,7,9,11-12H2,1-5H3,(H,22,25)(H,26,27). The highest BCUT2D eigenvalue weighted by molar-refractivity contribution is 5.91. The zero-order valence-corrected chi connectivity index (χ0v) is 17.2. The molecule has 7 heteroatoms. The van der Waals surface area contributed by atoms with Crippen molar-refractivity contribution in [2.75, 3.05) is 11.9 Å². The van der Waals surface area contributed by atoms with E-state index in [2.05, 4.69) is 31.2 Å². The summed E-state index contributed by atoms with van der Waals surface area (Å²) >= 11 is 0. The molecule has 0 aliphatic carbocycles. The van der Waals surface area contributed by atoms with Crippen molar-refractivity contribution in [3.05, 3.63) is 40.7 Å². The molecule has 7 nitrogen and oxygen atoms in total. The summed E-state index contributed by atoms with van der Waals surface area (Å²) in [5, 5.41) is 16.2. The molecule has 0 spiro atoms. The van der Waals surface area contributed by atoms with Gasteiger partial charge < -0.3 is 15.2 Å². The van der Waals surface area contributed by atoms with Gasteiger partial charge in [0.25, 0.3) is 0 Å². The molecule has 2 rings (SSSR count). The Morgan fingerprint density at radius 1 is 1.25 bits per heavy atom. The van der Waals surface area contributed by atoms with Gasteiger partial charge in [-0.25, -0.2) is 4.79 Å². The fraction of sp³-hybridized carbons (Fsp3) is 0.476. The van der Waals surface area contributed by atoms with Crippen LogP contribution in [0.15, 0.2) is 18.2 Å². The highest BCUT2D eigenvalue weighted by atomic mass is 16.5. The number of hydrogen-bond acceptors (Lipinski definition) is 4. The van der Waals surface area contributed by atoms with E-state index in [1.54, 1.807) is 18.2 Å². The second-order valence-corrected chi connectivity index (χ2v) is 7.43. The Morgan fingerprint density at radius 3 is 2.57 bits per heavy atom. The Morgan fingerprint density at radius 2 is 1.96 bits per heavy atom. The maximum Gasteiger partial charge on any atom is 0.341 e. The van der Waals surface area contributed by atoms with Crippen LogP contribution in [0.3, 0.4) is 0 Å². The van der Waals surface area contributed by atoms with Crippen molar-refractivity contribution in [1.29, 1.82) is 0 Å². The highest BCUT2D eigenvalue weighted by Gasteiger charge is 2.14. The predicted octanol–water partition coefficient (Wildman–Crippen LogP) is 3.50. The number of hydrogen-bond donors (Lipinski definition) is 2. The number of aromatic nitrogens is 2. The summed E-state index contributed by atoms with van der Waals surface area (Å²) in [6, 6.07) is 5.08. The number of amides is 1. The molecule has 0 aliphatic rings. The van der Waals surface area contributed by atoms with Crippen LogP contribution >= 0.6 is 0 Å². The molecule has 152 valence electrons. The second-order valence-electron chi connectivity index (χ2n) is 7.43. The van der Waals surface area contributed by atoms with Crippen LogP contribution in [0, 0.1) is 26.7 Å². The number of ether oxygens (including phenoxy) is 1. The average Bonchev–Trinajstić information content (AvgIpc) is 2.86. The zero-order chi connectivity index (χ0) is 20.8. The fourth-order valence-corrected chi connectivity index (χ4v) is 3.08. The van der Waals surface area contributed by atoms with Gasteiger partial charge in [0, 0.05) is 24.3 Å². The minimum absolute atomic E-state index is 0.0716. The number of rotatable bonds is 9. The van der Waals surface area contributed by atoms with Gasteiger partial charge in [-0.3, -0.25) is 9.48 Å². The largest absolute Gasteiger partial charge is 0.482 e. The minimum atomic E-state index is -1.03. The smallest absolute Gasteiger partial charge is 0.341 e. The van der Waals surface area contributed by atoms with Gasteiger partial charge in [0.2, 0.25) is 5.91 Å². The first-order chi connectivity index (χ1) is 13.2. The third-order valence-electron chi connectivity index (χ3n) is 4.51. The molecule has 1 heterocycles. The third kappa shape index (κ3) is 5.84. The first-order valence-electron chi connectivity index (χ1n) is 9.45. The molecular weight excluding hydrogens is 358 g/mol. The molecule has 0 saturated heterocycles. The van der Waals surface area contributed by atoms with E-state index in [1.165, 1.54) is 0 Å². The molecule has 0 unspecified atom stereocenters. The van der Waals surface area contributed by atoms with Crippen LogP contribution in [0.25, 0.3) is 0 Å². The first kappa shape index (κ1) is 21.5. The van der Waals surface area contributed by atoms with Crippen LogP contribution < -0.4 is 10.1 Å². The summed E-state index contributed by atoms with van der Waals surface area (Å²) < 4.78 is 7.17. The number of nitrogens with one attached hydrogen (secondary N) is 1. The lowest BCUT2D eigenvalue weighted by molar-refractivity contribution is -0.139. The lowest BCUT2D eigenvalue weighted by atomic mass is 10.1. The number of nitrogens with zero attached hydrogens (tertiary/aromatic N) is 2. The monoisotopic (exact) mass is 387 g/mol. The van der Waals surface area contributed by atoms with Gasteiger partial charge in [0.05, 0.1) is 5.69 Å². The van der Waals surface area contributed by atoms with E-state index >= 15 is 0 Å². The summed E-state index contributed by atoms with van der Waals surface area (Å²) in [6.45, 7) is 10.7. The van der Waals surface area contributed by atoms with Crippen LogP contribution in [-0.4, -0.2) is 33.4 Å². The maximum atomic E-state index is 12.4. The molecule has 0 bridgehead atoms. The number of aliphatic carboxylic acids is 1. The molecule has 2 aromatic rings. The van der Waals surface area contributed by atoms with Gasteiger partial charge in [-0.1, -0.05) is 13.8 Å². The Balaban J connectivity index is 1.96. The molecule has 0 aliphatic heterocycles. The van der Waals surface area contributed by atoms with E-state index in [0.717, 1.165) is 29.1 Å². The number of benzene rings is 1. The van der Waals surface area contributed by atoms with E-state index in [-0.39, 0.29) is 5.91 Å². The van der Waals surface area contributed by atoms with Crippen molar-refractivity contribution in [2.24, 2.45) is 5.92 Å². The summed E-state index contributed by atoms with van der Waals surface area (Å²) in [5.41, 5.74) is 4.73. The van der Waals surface area contributed by atoms with Crippen LogP contribution in [0.1, 0.15) is 42.8 Å². The molecule has 2 N–H and O–H groups in total. The SMILES string of the molecule is Cc1cc(OCC(=O)O)ccc1NC(=O)CCc1c(C)nn(CC(C)C)c1C. The van der Waals surface area contributed by atoms with Gasteiger partial charge in [-0.2, -0.15) is 5.10 Å². The van der Waals surface area contributed by atoms with Crippen molar-refractivity contribution in [1.82, 2.24) is 9.78 Å². The first-order valence-corrected chi connectivity index (χ1v) is 9.45. The van der Waals surface area contributed by atoms with Crippen LogP contribution in [0.5, 0.6) is 5.75 Å². The van der Waals surface area contributed by atoms with Gasteiger partial charge in [-0.05, 0) is 62.4 Å². The molecule has 0 radical (unpaired) electrons. The van der Waals surface area contributed by atoms with E-state index < -0.39 is 12.6 Å². The fourth-order valence-electron chi connectivity index (χ4n) is 3.08. The number of anilines is 1. The number of carbonyl (C=O) groups excluding carboxylic acids is 1. The average molecular weight is 387 g/mol. The summed E-state index contributed by atoms with van der Waals surface area (Å²) in [7, 11) is 0. The normalized spacial score (nSPS) is 10.9. The summed E-state index contributed by atoms with van der Waals surface area (Å²) in [5.74, 6) is -0.128. The number of carbonyl (C=O) groups is 2. The summed E-state index contributed by atoms with van der Waals surface area (Å²) in [4.78, 5) is 23.0. The van der Waals surface area contributed by atoms with E-state index in [4.69, 9.17) is 9.84 Å². The molecule has 28 heavy (non-hydrogen) atoms. The molecule has 0 atom stereocenters. The highest BCUT2D eigenvalue weighted by Crippen LogP contribution is 2.22. The lowest BCUT2D eigenvalue weighted by Crippen LogP contribution is -2.14. The zero-order valence-electron chi connectivity index (χ0n) is 17.2. The number of carboxylic acids is 1. The number of carboxylic acid groups (broad SMARTS) is 1. The van der Waals surface area contributed by atoms with Crippen LogP contribution in [-0.2, 0) is 22.6 Å². The van der Waals surface area contributed by atoms with Crippen LogP contribution in [0.4, 0.5) is 5.69 Å². The van der Waals surface area contributed by atoms with Gasteiger partial charge in [0.1, 0.15) is 5.75 Å². The van der Waals surface area contributed by atoms with Crippen molar-refractivity contribution in [3.63, 3.8) is 0 Å². The minimum Gasteiger partial charge on any atom is -0.482 e. The third-order valence-corrected chi connectivity index (χ3v) is 4.51. The maximum absolute atomic E-state index is 12.4. The summed E-state index contributed by atoms with van der Waals surface area (Å²) in [6.07, 6.45) is 1.01. The Labute approximate surface area is 165 Å². The second kappa shape index (κ2) is 9.39. The van der Waals surface area contributed by atoms with E-state index in [0.29, 0.717) is 30.2 Å². The lowest BCUT2D eigenvalue weighted by Gasteiger charge is -2.11. The Kier molecular flexibility index (Phi) is 7.20. The molecule has 1 aromatic carbocycles. The predicted molar refractivity (Wildman–Crippen MR) is 108 cm³/mol. The van der Waals surface area contributed by atoms with Crippen molar-refractivity contribution in [2.45, 2.75) is 54.0 Å². The van der Waals surface area contributed by atoms with E-state index in [1.807, 2.05) is 18.5 Å². The Bertz CT molecular complexity index is 856. The van der Waals surface area contributed by atoms with E-state index in [9.17, 15) is 9.59 Å². The van der Waals surface area contributed by atoms with Crippen molar-refractivity contribution >= 4 is 17.6 Å². The molecular formula is C21H29N3O4. The van der Waals surface area contributed by atoms with Gasteiger partial charge >= 0.3 is 5.97 Å². The number of aryl methyl sites for hydroxylation is 2. The molecule has 0 fully saturated rings. The molecule has 1 amide bonds. The van der Waals surface area contributed by atoms with Crippen LogP contribution in [0.2, 0.25) is 0 Å². The Hall–Kier alpha value is -2.83. The van der Waals surface area contributed by atoms with Crippen molar-refractivity contribution < 1.29 is 19.4 Å². The van der Waals surface area contributed by atoms with Crippen molar-refractivity contribution in [3.8, 4) is 5.75 Å². The topological polar surface area (TPSA) is 93.4 Å². The molecule has 1 aromatic heterocycles. The molecule has 0 saturated carbocycles. The van der Waals surface area contributed by atoms with Gasteiger partial charge in [0.15, 0.2) is 6.61 Å². The quantitative estimate of drug-likeness (QED) is 0.687. The van der Waals surface area contributed by atoms with Gasteiger partial charge in [-0.15, -0.1) is 0 Å².